The molecule has 0 aliphatic carbocycles. The molecule has 0 heterocycles. The van der Waals surface area contributed by atoms with Crippen LogP contribution in [0, 0.1) is 0 Å². The predicted molar refractivity (Wildman–Crippen MR) is 91.7 cm³/mol. The van der Waals surface area contributed by atoms with E-state index in [-0.39, 0.29) is 5.91 Å². The van der Waals surface area contributed by atoms with Gasteiger partial charge in [-0.15, -0.1) is 0 Å². The third kappa shape index (κ3) is 4.39. The van der Waals surface area contributed by atoms with Crippen LogP contribution in [0.15, 0.2) is 42.5 Å². The number of ether oxygens (including phenoxy) is 2. The van der Waals surface area contributed by atoms with Crippen molar-refractivity contribution in [2.24, 2.45) is 0 Å². The van der Waals surface area contributed by atoms with Gasteiger partial charge < -0.3 is 14.8 Å². The number of amides is 1. The van der Waals surface area contributed by atoms with Crippen LogP contribution in [0.3, 0.4) is 0 Å². The average Bonchev–Trinajstić information content (AvgIpc) is 2.59. The van der Waals surface area contributed by atoms with Gasteiger partial charge in [0.1, 0.15) is 0 Å². The molecule has 2 aromatic carbocycles. The van der Waals surface area contributed by atoms with E-state index in [1.165, 1.54) is 7.11 Å². The summed E-state index contributed by atoms with van der Waals surface area (Å²) < 4.78 is 10.5. The number of hydrogen-bond donors (Lipinski definition) is 1. The van der Waals surface area contributed by atoms with Gasteiger partial charge in [-0.05, 0) is 36.6 Å². The Morgan fingerprint density at radius 3 is 2.57 bits per heavy atom. The maximum Gasteiger partial charge on any atom is 0.255 e. The fraction of sp³-hybridized carbons (Fsp3) is 0.278. The summed E-state index contributed by atoms with van der Waals surface area (Å²) in [6.45, 7) is 0.560. The number of para-hydroxylation sites is 1. The van der Waals surface area contributed by atoms with Crippen molar-refractivity contribution in [1.82, 2.24) is 5.32 Å². The highest BCUT2D eigenvalue weighted by Crippen LogP contribution is 2.30. The fourth-order valence-electron chi connectivity index (χ4n) is 2.34. The van der Waals surface area contributed by atoms with E-state index in [4.69, 9.17) is 21.1 Å². The smallest absolute Gasteiger partial charge is 0.255 e. The van der Waals surface area contributed by atoms with Gasteiger partial charge in [0.05, 0.1) is 19.8 Å². The van der Waals surface area contributed by atoms with Gasteiger partial charge in [-0.3, -0.25) is 4.79 Å². The summed E-state index contributed by atoms with van der Waals surface area (Å²) in [5.74, 6) is 0.801. The summed E-state index contributed by atoms with van der Waals surface area (Å²) in [7, 11) is 3.06. The van der Waals surface area contributed by atoms with E-state index in [9.17, 15) is 4.79 Å². The number of aryl methyl sites for hydroxylation is 1. The Bertz CT molecular complexity index is 673. The van der Waals surface area contributed by atoms with Gasteiger partial charge in [0.15, 0.2) is 11.5 Å². The molecule has 0 unspecified atom stereocenters. The Balaban J connectivity index is 1.92. The number of carbonyl (C=O) groups is 1. The zero-order valence-electron chi connectivity index (χ0n) is 13.3. The molecule has 0 atom stereocenters. The zero-order valence-corrected chi connectivity index (χ0v) is 14.0. The lowest BCUT2D eigenvalue weighted by molar-refractivity contribution is 0.0949. The molecule has 1 N–H and O–H groups in total. The molecule has 122 valence electrons. The maximum absolute atomic E-state index is 12.3. The minimum Gasteiger partial charge on any atom is -0.493 e. The van der Waals surface area contributed by atoms with Gasteiger partial charge in [0, 0.05) is 11.6 Å². The van der Waals surface area contributed by atoms with Crippen molar-refractivity contribution in [3.63, 3.8) is 0 Å². The molecule has 0 radical (unpaired) electrons. The summed E-state index contributed by atoms with van der Waals surface area (Å²) in [6.07, 6.45) is 1.62. The highest BCUT2D eigenvalue weighted by Gasteiger charge is 2.15. The SMILES string of the molecule is COc1cccc(C(=O)NCCCc2ccccc2Cl)c1OC. The maximum atomic E-state index is 12.3. The topological polar surface area (TPSA) is 47.6 Å². The molecule has 0 aromatic heterocycles. The number of rotatable bonds is 7. The van der Waals surface area contributed by atoms with E-state index in [0.717, 1.165) is 23.4 Å². The van der Waals surface area contributed by atoms with Crippen molar-refractivity contribution in [2.75, 3.05) is 20.8 Å². The Kier molecular flexibility index (Phi) is 6.29. The van der Waals surface area contributed by atoms with Crippen LogP contribution in [0.2, 0.25) is 5.02 Å². The van der Waals surface area contributed by atoms with Crippen LogP contribution in [0.1, 0.15) is 22.3 Å². The highest BCUT2D eigenvalue weighted by molar-refractivity contribution is 6.31. The minimum absolute atomic E-state index is 0.181. The fourth-order valence-corrected chi connectivity index (χ4v) is 2.57. The molecule has 0 fully saturated rings. The van der Waals surface area contributed by atoms with Gasteiger partial charge in [-0.2, -0.15) is 0 Å². The first-order valence-corrected chi connectivity index (χ1v) is 7.77. The average molecular weight is 334 g/mol. The summed E-state index contributed by atoms with van der Waals surface area (Å²) in [5.41, 5.74) is 1.55. The van der Waals surface area contributed by atoms with E-state index in [2.05, 4.69) is 5.32 Å². The van der Waals surface area contributed by atoms with Gasteiger partial charge >= 0.3 is 0 Å². The second kappa shape index (κ2) is 8.44. The number of hydrogen-bond acceptors (Lipinski definition) is 3. The van der Waals surface area contributed by atoms with Crippen LogP contribution in [0.25, 0.3) is 0 Å². The van der Waals surface area contributed by atoms with Crippen LogP contribution in [-0.4, -0.2) is 26.7 Å². The van der Waals surface area contributed by atoms with Gasteiger partial charge in [-0.1, -0.05) is 35.9 Å². The van der Waals surface area contributed by atoms with Gasteiger partial charge in [-0.25, -0.2) is 0 Å². The van der Waals surface area contributed by atoms with Crippen LogP contribution < -0.4 is 14.8 Å². The van der Waals surface area contributed by atoms with Crippen molar-refractivity contribution in [2.45, 2.75) is 12.8 Å². The molecule has 2 rings (SSSR count). The summed E-state index contributed by atoms with van der Waals surface area (Å²) in [6, 6.07) is 13.0. The van der Waals surface area contributed by atoms with E-state index in [1.54, 1.807) is 25.3 Å². The molecule has 0 saturated heterocycles. The molecule has 2 aromatic rings. The number of nitrogens with one attached hydrogen (secondary N) is 1. The molecule has 5 heteroatoms. The van der Waals surface area contributed by atoms with Crippen molar-refractivity contribution >= 4 is 17.5 Å². The zero-order chi connectivity index (χ0) is 16.7. The Labute approximate surface area is 141 Å². The van der Waals surface area contributed by atoms with Crippen molar-refractivity contribution in [1.29, 1.82) is 0 Å². The third-order valence-corrected chi connectivity index (χ3v) is 3.88. The summed E-state index contributed by atoms with van der Waals surface area (Å²) in [5, 5.41) is 3.65. The van der Waals surface area contributed by atoms with E-state index >= 15 is 0 Å². The first-order valence-electron chi connectivity index (χ1n) is 7.40. The second-order valence-electron chi connectivity index (χ2n) is 4.99. The van der Waals surface area contributed by atoms with E-state index in [0.29, 0.717) is 23.6 Å². The standard InChI is InChI=1S/C18H20ClNO3/c1-22-16-11-5-9-14(17(16)23-2)18(21)20-12-6-8-13-7-3-4-10-15(13)19/h3-5,7,9-11H,6,8,12H2,1-2H3,(H,20,21). The lowest BCUT2D eigenvalue weighted by Crippen LogP contribution is -2.25. The predicted octanol–water partition coefficient (Wildman–Crippen LogP) is 3.72. The van der Waals surface area contributed by atoms with E-state index in [1.807, 2.05) is 24.3 Å². The second-order valence-corrected chi connectivity index (χ2v) is 5.40. The molecule has 0 saturated carbocycles. The van der Waals surface area contributed by atoms with Crippen molar-refractivity contribution in [3.8, 4) is 11.5 Å². The molecule has 0 aliphatic rings. The Morgan fingerprint density at radius 2 is 1.87 bits per heavy atom. The quantitative estimate of drug-likeness (QED) is 0.785. The molecule has 1 amide bonds. The van der Waals surface area contributed by atoms with Gasteiger partial charge in [0.25, 0.3) is 5.91 Å². The first-order chi connectivity index (χ1) is 11.2. The van der Waals surface area contributed by atoms with Crippen LogP contribution >= 0.6 is 11.6 Å². The number of benzene rings is 2. The van der Waals surface area contributed by atoms with E-state index < -0.39 is 0 Å². The van der Waals surface area contributed by atoms with Crippen LogP contribution in [0.4, 0.5) is 0 Å². The number of methoxy groups -OCH3 is 2. The Hall–Kier alpha value is -2.20. The molecule has 0 bridgehead atoms. The monoisotopic (exact) mass is 333 g/mol. The largest absolute Gasteiger partial charge is 0.493 e. The molecule has 23 heavy (non-hydrogen) atoms. The van der Waals surface area contributed by atoms with Crippen molar-refractivity contribution in [3.05, 3.63) is 58.6 Å². The minimum atomic E-state index is -0.181. The lowest BCUT2D eigenvalue weighted by atomic mass is 10.1. The Morgan fingerprint density at radius 1 is 1.09 bits per heavy atom. The summed E-state index contributed by atoms with van der Waals surface area (Å²) in [4.78, 5) is 12.3. The lowest BCUT2D eigenvalue weighted by Gasteiger charge is -2.12. The normalized spacial score (nSPS) is 10.2. The number of halogens is 1. The molecule has 4 nitrogen and oxygen atoms in total. The van der Waals surface area contributed by atoms with Crippen LogP contribution in [0.5, 0.6) is 11.5 Å². The van der Waals surface area contributed by atoms with Crippen LogP contribution in [-0.2, 0) is 6.42 Å². The molecular formula is C18H20ClNO3. The van der Waals surface area contributed by atoms with Crippen molar-refractivity contribution < 1.29 is 14.3 Å². The first kappa shape index (κ1) is 17.2. The summed E-state index contributed by atoms with van der Waals surface area (Å²) >= 11 is 6.12. The molecule has 0 aliphatic heterocycles. The third-order valence-electron chi connectivity index (χ3n) is 3.51. The number of carbonyl (C=O) groups excluding carboxylic acids is 1. The van der Waals surface area contributed by atoms with Gasteiger partial charge in [0.2, 0.25) is 0 Å². The molecular weight excluding hydrogens is 314 g/mol. The highest BCUT2D eigenvalue weighted by atomic mass is 35.5. The molecule has 0 spiro atoms.